The molecular weight excluding hydrogens is 244 g/mol. The first-order valence-electron chi connectivity index (χ1n) is 6.11. The zero-order chi connectivity index (χ0) is 13.7. The van der Waals surface area contributed by atoms with Gasteiger partial charge >= 0.3 is 5.97 Å². The quantitative estimate of drug-likeness (QED) is 0.810. The molecule has 0 aliphatic heterocycles. The minimum absolute atomic E-state index is 0.236. The molecule has 0 unspecified atom stereocenters. The van der Waals surface area contributed by atoms with Gasteiger partial charge in [-0.15, -0.1) is 0 Å². The Morgan fingerprint density at radius 2 is 2.26 bits per heavy atom. The molecule has 2 rings (SSSR count). The number of carboxylic acid groups (broad SMARTS) is 1. The fourth-order valence-electron chi connectivity index (χ4n) is 1.72. The lowest BCUT2D eigenvalue weighted by Gasteiger charge is -2.07. The fraction of sp³-hybridized carbons (Fsp3) is 0.286. The van der Waals surface area contributed by atoms with Crippen LogP contribution in [0.5, 0.6) is 5.75 Å². The van der Waals surface area contributed by atoms with Crippen molar-refractivity contribution in [2.75, 3.05) is 6.61 Å². The highest BCUT2D eigenvalue weighted by Gasteiger charge is 2.03. The van der Waals surface area contributed by atoms with Crippen LogP contribution >= 0.6 is 0 Å². The Bertz CT molecular complexity index is 563. The first kappa shape index (κ1) is 13.1. The van der Waals surface area contributed by atoms with Gasteiger partial charge in [0.05, 0.1) is 17.9 Å². The van der Waals surface area contributed by atoms with Gasteiger partial charge in [0.25, 0.3) is 0 Å². The molecule has 0 bridgehead atoms. The molecule has 1 aromatic heterocycles. The first-order chi connectivity index (χ1) is 9.15. The van der Waals surface area contributed by atoms with Gasteiger partial charge in [0.15, 0.2) is 0 Å². The van der Waals surface area contributed by atoms with E-state index in [9.17, 15) is 4.79 Å². The molecule has 0 aliphatic carbocycles. The van der Waals surface area contributed by atoms with E-state index >= 15 is 0 Å². The van der Waals surface area contributed by atoms with Crippen LogP contribution in [0.4, 0.5) is 0 Å². The zero-order valence-electron chi connectivity index (χ0n) is 10.7. The van der Waals surface area contributed by atoms with Crippen LogP contribution in [0.1, 0.15) is 22.5 Å². The number of hydrogen-bond acceptors (Lipinski definition) is 3. The molecule has 1 aromatic carbocycles. The number of hydrogen-bond donors (Lipinski definition) is 1. The smallest absolute Gasteiger partial charge is 0.335 e. The Balaban J connectivity index is 1.79. The summed E-state index contributed by atoms with van der Waals surface area (Å²) < 4.78 is 7.39. The third-order valence-corrected chi connectivity index (χ3v) is 2.66. The molecule has 0 amide bonds. The van der Waals surface area contributed by atoms with Crippen molar-refractivity contribution in [3.05, 3.63) is 47.8 Å². The first-order valence-corrected chi connectivity index (χ1v) is 6.11. The van der Waals surface area contributed by atoms with Crippen LogP contribution in [0.25, 0.3) is 0 Å². The average Bonchev–Trinajstić information content (AvgIpc) is 2.81. The van der Waals surface area contributed by atoms with Crippen LogP contribution in [0, 0.1) is 6.92 Å². The second kappa shape index (κ2) is 6.04. The Labute approximate surface area is 111 Å². The molecule has 0 atom stereocenters. The molecule has 0 radical (unpaired) electrons. The summed E-state index contributed by atoms with van der Waals surface area (Å²) >= 11 is 0. The van der Waals surface area contributed by atoms with Crippen LogP contribution in [-0.2, 0) is 6.54 Å². The third-order valence-electron chi connectivity index (χ3n) is 2.66. The van der Waals surface area contributed by atoms with E-state index in [1.807, 2.05) is 23.9 Å². The van der Waals surface area contributed by atoms with Gasteiger partial charge in [-0.1, -0.05) is 6.07 Å². The maximum Gasteiger partial charge on any atom is 0.335 e. The Morgan fingerprint density at radius 1 is 1.42 bits per heavy atom. The second-order valence-corrected chi connectivity index (χ2v) is 4.26. The maximum absolute atomic E-state index is 10.8. The Kier molecular flexibility index (Phi) is 4.18. The summed E-state index contributed by atoms with van der Waals surface area (Å²) in [5, 5.41) is 13.1. The summed E-state index contributed by atoms with van der Waals surface area (Å²) in [6.07, 6.45) is 2.75. The van der Waals surface area contributed by atoms with Gasteiger partial charge < -0.3 is 9.84 Å². The zero-order valence-corrected chi connectivity index (χ0v) is 10.7. The lowest BCUT2D eigenvalue weighted by Crippen LogP contribution is -2.05. The largest absolute Gasteiger partial charge is 0.494 e. The van der Waals surface area contributed by atoms with E-state index in [1.165, 1.54) is 6.07 Å². The van der Waals surface area contributed by atoms with Crippen molar-refractivity contribution < 1.29 is 14.6 Å². The van der Waals surface area contributed by atoms with Gasteiger partial charge in [-0.05, 0) is 31.2 Å². The van der Waals surface area contributed by atoms with Gasteiger partial charge in [-0.3, -0.25) is 4.68 Å². The van der Waals surface area contributed by atoms with E-state index in [1.54, 1.807) is 18.2 Å². The number of ether oxygens (including phenoxy) is 1. The highest BCUT2D eigenvalue weighted by Crippen LogP contribution is 2.13. The molecule has 0 spiro atoms. The van der Waals surface area contributed by atoms with Crippen LogP contribution in [0.15, 0.2) is 36.5 Å². The van der Waals surface area contributed by atoms with E-state index in [-0.39, 0.29) is 5.56 Å². The van der Waals surface area contributed by atoms with Crippen LogP contribution in [0.2, 0.25) is 0 Å². The number of benzene rings is 1. The summed E-state index contributed by atoms with van der Waals surface area (Å²) in [7, 11) is 0. The van der Waals surface area contributed by atoms with E-state index in [0.717, 1.165) is 18.7 Å². The molecule has 19 heavy (non-hydrogen) atoms. The second-order valence-electron chi connectivity index (χ2n) is 4.26. The van der Waals surface area contributed by atoms with Crippen molar-refractivity contribution >= 4 is 5.97 Å². The van der Waals surface area contributed by atoms with Crippen molar-refractivity contribution in [1.82, 2.24) is 9.78 Å². The summed E-state index contributed by atoms with van der Waals surface area (Å²) in [5.74, 6) is -0.367. The number of carboxylic acids is 1. The molecule has 1 heterocycles. The van der Waals surface area contributed by atoms with Gasteiger partial charge in [-0.25, -0.2) is 4.79 Å². The SMILES string of the molecule is Cc1ccn(CCCOc2cccc(C(=O)O)c2)n1. The molecule has 0 saturated carbocycles. The Morgan fingerprint density at radius 3 is 2.95 bits per heavy atom. The molecular formula is C14H16N2O3. The van der Waals surface area contributed by atoms with E-state index in [2.05, 4.69) is 5.10 Å². The van der Waals surface area contributed by atoms with Gasteiger partial charge in [0, 0.05) is 19.2 Å². The highest BCUT2D eigenvalue weighted by atomic mass is 16.5. The van der Waals surface area contributed by atoms with E-state index < -0.39 is 5.97 Å². The third kappa shape index (κ3) is 3.84. The normalized spacial score (nSPS) is 10.4. The fourth-order valence-corrected chi connectivity index (χ4v) is 1.72. The molecule has 1 N–H and O–H groups in total. The van der Waals surface area contributed by atoms with Crippen LogP contribution in [-0.4, -0.2) is 27.5 Å². The number of rotatable bonds is 6. The van der Waals surface area contributed by atoms with Gasteiger partial charge in [0.2, 0.25) is 0 Å². The topological polar surface area (TPSA) is 64.3 Å². The van der Waals surface area contributed by atoms with Gasteiger partial charge in [0.1, 0.15) is 5.75 Å². The minimum atomic E-state index is -0.947. The lowest BCUT2D eigenvalue weighted by atomic mass is 10.2. The van der Waals surface area contributed by atoms with Crippen molar-refractivity contribution in [1.29, 1.82) is 0 Å². The number of nitrogens with zero attached hydrogens (tertiary/aromatic N) is 2. The van der Waals surface area contributed by atoms with Crippen LogP contribution in [0.3, 0.4) is 0 Å². The molecule has 5 heteroatoms. The minimum Gasteiger partial charge on any atom is -0.494 e. The predicted molar refractivity (Wildman–Crippen MR) is 70.5 cm³/mol. The maximum atomic E-state index is 10.8. The van der Waals surface area contributed by atoms with E-state index in [0.29, 0.717) is 12.4 Å². The average molecular weight is 260 g/mol. The van der Waals surface area contributed by atoms with E-state index in [4.69, 9.17) is 9.84 Å². The molecule has 5 nitrogen and oxygen atoms in total. The molecule has 2 aromatic rings. The summed E-state index contributed by atoms with van der Waals surface area (Å²) in [5.41, 5.74) is 1.23. The van der Waals surface area contributed by atoms with Gasteiger partial charge in [-0.2, -0.15) is 5.10 Å². The lowest BCUT2D eigenvalue weighted by molar-refractivity contribution is 0.0696. The molecule has 0 fully saturated rings. The molecule has 0 aliphatic rings. The number of aryl methyl sites for hydroxylation is 2. The standard InChI is InChI=1S/C14H16N2O3/c1-11-6-8-16(15-11)7-3-9-19-13-5-2-4-12(10-13)14(17)18/h2,4-6,8,10H,3,7,9H2,1H3,(H,17,18). The molecule has 0 saturated heterocycles. The Hall–Kier alpha value is -2.30. The number of aromatic carboxylic acids is 1. The monoisotopic (exact) mass is 260 g/mol. The number of aromatic nitrogens is 2. The van der Waals surface area contributed by atoms with Crippen molar-refractivity contribution in [3.8, 4) is 5.75 Å². The van der Waals surface area contributed by atoms with Crippen LogP contribution < -0.4 is 4.74 Å². The van der Waals surface area contributed by atoms with Crippen molar-refractivity contribution in [2.24, 2.45) is 0 Å². The molecule has 100 valence electrons. The highest BCUT2D eigenvalue weighted by molar-refractivity contribution is 5.87. The summed E-state index contributed by atoms with van der Waals surface area (Å²) in [6, 6.07) is 8.46. The summed E-state index contributed by atoms with van der Waals surface area (Å²) in [6.45, 7) is 3.26. The number of carbonyl (C=O) groups is 1. The van der Waals surface area contributed by atoms with Crippen molar-refractivity contribution in [2.45, 2.75) is 19.9 Å². The predicted octanol–water partition coefficient (Wildman–Crippen LogP) is 2.36. The summed E-state index contributed by atoms with van der Waals surface area (Å²) in [4.78, 5) is 10.8. The van der Waals surface area contributed by atoms with Crippen molar-refractivity contribution in [3.63, 3.8) is 0 Å².